The van der Waals surface area contributed by atoms with Gasteiger partial charge in [0.05, 0.1) is 0 Å². The van der Waals surface area contributed by atoms with Gasteiger partial charge in [0.25, 0.3) is 5.91 Å². The van der Waals surface area contributed by atoms with E-state index in [0.717, 1.165) is 16.8 Å². The molecule has 0 spiro atoms. The lowest BCUT2D eigenvalue weighted by Gasteiger charge is -2.12. The molecule has 29 heavy (non-hydrogen) atoms. The minimum atomic E-state index is -0.341. The number of aryl methyl sites for hydroxylation is 3. The molecule has 3 rings (SSSR count). The van der Waals surface area contributed by atoms with Gasteiger partial charge in [-0.05, 0) is 62.2 Å². The Morgan fingerprint density at radius 1 is 0.828 bits per heavy atom. The normalized spacial score (nSPS) is 10.3. The number of hydrogen-bond acceptors (Lipinski definition) is 5. The van der Waals surface area contributed by atoms with Crippen molar-refractivity contribution in [3.05, 3.63) is 71.2 Å². The molecule has 148 valence electrons. The third kappa shape index (κ3) is 5.38. The molecule has 0 atom stereocenters. The van der Waals surface area contributed by atoms with E-state index in [2.05, 4.69) is 25.9 Å². The highest BCUT2D eigenvalue weighted by Crippen LogP contribution is 2.21. The number of carbonyl (C=O) groups is 2. The van der Waals surface area contributed by atoms with Gasteiger partial charge in [0, 0.05) is 30.1 Å². The van der Waals surface area contributed by atoms with Crippen LogP contribution < -0.4 is 16.0 Å². The lowest BCUT2D eigenvalue weighted by Crippen LogP contribution is -2.15. The van der Waals surface area contributed by atoms with Gasteiger partial charge in [-0.2, -0.15) is 0 Å². The van der Waals surface area contributed by atoms with Crippen LogP contribution >= 0.6 is 0 Å². The second kappa shape index (κ2) is 8.52. The second-order valence-electron chi connectivity index (χ2n) is 6.84. The number of aromatic nitrogens is 2. The first-order chi connectivity index (χ1) is 13.8. The van der Waals surface area contributed by atoms with Crippen LogP contribution in [0.3, 0.4) is 0 Å². The Balaban J connectivity index is 1.77. The summed E-state index contributed by atoms with van der Waals surface area (Å²) in [4.78, 5) is 32.4. The quantitative estimate of drug-likeness (QED) is 0.603. The van der Waals surface area contributed by atoms with Crippen molar-refractivity contribution in [3.63, 3.8) is 0 Å². The fourth-order valence-electron chi connectivity index (χ4n) is 2.79. The molecule has 0 bridgehead atoms. The summed E-state index contributed by atoms with van der Waals surface area (Å²) in [7, 11) is 0. The van der Waals surface area contributed by atoms with Crippen molar-refractivity contribution in [2.75, 3.05) is 16.0 Å². The van der Waals surface area contributed by atoms with Gasteiger partial charge < -0.3 is 16.0 Å². The smallest absolute Gasteiger partial charge is 0.274 e. The molecular weight excluding hydrogens is 366 g/mol. The van der Waals surface area contributed by atoms with Crippen molar-refractivity contribution in [1.29, 1.82) is 0 Å². The Hall–Kier alpha value is -3.74. The van der Waals surface area contributed by atoms with E-state index < -0.39 is 0 Å². The van der Waals surface area contributed by atoms with E-state index in [1.54, 1.807) is 37.3 Å². The lowest BCUT2D eigenvalue weighted by atomic mass is 10.1. The summed E-state index contributed by atoms with van der Waals surface area (Å²) in [5.74, 6) is 0.553. The molecule has 0 radical (unpaired) electrons. The molecule has 2 aromatic carbocycles. The topological polar surface area (TPSA) is 96.0 Å². The van der Waals surface area contributed by atoms with E-state index in [9.17, 15) is 9.59 Å². The predicted octanol–water partition coefficient (Wildman–Crippen LogP) is 4.36. The van der Waals surface area contributed by atoms with Gasteiger partial charge in [0.1, 0.15) is 17.3 Å². The van der Waals surface area contributed by atoms with Gasteiger partial charge in [-0.3, -0.25) is 9.59 Å². The maximum Gasteiger partial charge on any atom is 0.274 e. The van der Waals surface area contributed by atoms with Crippen molar-refractivity contribution in [2.45, 2.75) is 27.7 Å². The van der Waals surface area contributed by atoms with E-state index in [1.807, 2.05) is 32.0 Å². The fraction of sp³-hybridized carbons (Fsp3) is 0.182. The average Bonchev–Trinajstić information content (AvgIpc) is 2.65. The van der Waals surface area contributed by atoms with Crippen molar-refractivity contribution >= 4 is 34.7 Å². The standard InChI is InChI=1S/C22H23N5O2/c1-13-5-6-14(2)19(11-13)27-21-12-20(23-15(3)24-21)22(29)26-18-9-7-17(8-10-18)25-16(4)28/h5-12H,1-4H3,(H,25,28)(H,26,29)(H,23,24,27). The number of rotatable bonds is 5. The number of anilines is 4. The molecule has 1 heterocycles. The van der Waals surface area contributed by atoms with Crippen molar-refractivity contribution in [3.8, 4) is 0 Å². The largest absolute Gasteiger partial charge is 0.340 e. The van der Waals surface area contributed by atoms with E-state index in [4.69, 9.17) is 0 Å². The molecule has 0 aliphatic rings. The summed E-state index contributed by atoms with van der Waals surface area (Å²) in [6.07, 6.45) is 0. The van der Waals surface area contributed by atoms with E-state index in [1.165, 1.54) is 6.92 Å². The number of carbonyl (C=O) groups excluding carboxylic acids is 2. The molecule has 0 aliphatic heterocycles. The number of nitrogens with one attached hydrogen (secondary N) is 3. The Kier molecular flexibility index (Phi) is 5.87. The fourth-order valence-corrected chi connectivity index (χ4v) is 2.79. The molecule has 0 aliphatic carbocycles. The number of nitrogens with zero attached hydrogens (tertiary/aromatic N) is 2. The zero-order valence-corrected chi connectivity index (χ0v) is 16.8. The first kappa shape index (κ1) is 20.0. The first-order valence-electron chi connectivity index (χ1n) is 9.19. The minimum absolute atomic E-state index is 0.151. The Bertz CT molecular complexity index is 1060. The van der Waals surface area contributed by atoms with Crippen LogP contribution in [0.1, 0.15) is 34.4 Å². The molecule has 3 aromatic rings. The van der Waals surface area contributed by atoms with Gasteiger partial charge in [0.15, 0.2) is 0 Å². The summed E-state index contributed by atoms with van der Waals surface area (Å²) >= 11 is 0. The number of benzene rings is 2. The van der Waals surface area contributed by atoms with Gasteiger partial charge in [-0.15, -0.1) is 0 Å². The van der Waals surface area contributed by atoms with Crippen LogP contribution in [0.15, 0.2) is 48.5 Å². The third-order valence-corrected chi connectivity index (χ3v) is 4.19. The molecule has 2 amide bonds. The van der Waals surface area contributed by atoms with Crippen LogP contribution in [0.2, 0.25) is 0 Å². The molecular formula is C22H23N5O2. The number of amides is 2. The van der Waals surface area contributed by atoms with Crippen molar-refractivity contribution < 1.29 is 9.59 Å². The van der Waals surface area contributed by atoms with Crippen LogP contribution in [0, 0.1) is 20.8 Å². The highest BCUT2D eigenvalue weighted by molar-refractivity contribution is 6.03. The van der Waals surface area contributed by atoms with Gasteiger partial charge in [-0.1, -0.05) is 12.1 Å². The highest BCUT2D eigenvalue weighted by atomic mass is 16.2. The second-order valence-corrected chi connectivity index (χ2v) is 6.84. The molecule has 7 nitrogen and oxygen atoms in total. The predicted molar refractivity (Wildman–Crippen MR) is 115 cm³/mol. The zero-order valence-electron chi connectivity index (χ0n) is 16.8. The molecule has 1 aromatic heterocycles. The summed E-state index contributed by atoms with van der Waals surface area (Å²) in [5.41, 5.74) is 4.67. The molecule has 0 saturated heterocycles. The van der Waals surface area contributed by atoms with Crippen LogP contribution in [-0.4, -0.2) is 21.8 Å². The van der Waals surface area contributed by atoms with E-state index in [0.29, 0.717) is 23.0 Å². The maximum atomic E-state index is 12.7. The monoisotopic (exact) mass is 389 g/mol. The average molecular weight is 389 g/mol. The minimum Gasteiger partial charge on any atom is -0.340 e. The molecule has 7 heteroatoms. The first-order valence-corrected chi connectivity index (χ1v) is 9.19. The zero-order chi connectivity index (χ0) is 21.0. The molecule has 0 unspecified atom stereocenters. The van der Waals surface area contributed by atoms with Gasteiger partial charge in [0.2, 0.25) is 5.91 Å². The van der Waals surface area contributed by atoms with Gasteiger partial charge in [-0.25, -0.2) is 9.97 Å². The van der Waals surface area contributed by atoms with E-state index in [-0.39, 0.29) is 17.5 Å². The Morgan fingerprint density at radius 2 is 1.48 bits per heavy atom. The molecule has 0 saturated carbocycles. The Labute approximate surface area is 169 Å². The highest BCUT2D eigenvalue weighted by Gasteiger charge is 2.12. The van der Waals surface area contributed by atoms with Crippen LogP contribution in [0.4, 0.5) is 22.9 Å². The summed E-state index contributed by atoms with van der Waals surface area (Å²) < 4.78 is 0. The van der Waals surface area contributed by atoms with Crippen LogP contribution in [-0.2, 0) is 4.79 Å². The summed E-state index contributed by atoms with van der Waals surface area (Å²) in [6, 6.07) is 14.6. The van der Waals surface area contributed by atoms with Crippen molar-refractivity contribution in [1.82, 2.24) is 9.97 Å². The maximum absolute atomic E-state index is 12.7. The van der Waals surface area contributed by atoms with Crippen LogP contribution in [0.25, 0.3) is 0 Å². The lowest BCUT2D eigenvalue weighted by molar-refractivity contribution is -0.114. The summed E-state index contributed by atoms with van der Waals surface area (Å²) in [6.45, 7) is 7.21. The van der Waals surface area contributed by atoms with Crippen LogP contribution in [0.5, 0.6) is 0 Å². The summed E-state index contributed by atoms with van der Waals surface area (Å²) in [5, 5.41) is 8.76. The Morgan fingerprint density at radius 3 is 2.14 bits per heavy atom. The molecule has 3 N–H and O–H groups in total. The SMILES string of the molecule is CC(=O)Nc1ccc(NC(=O)c2cc(Nc3cc(C)ccc3C)nc(C)n2)cc1. The van der Waals surface area contributed by atoms with E-state index >= 15 is 0 Å². The van der Waals surface area contributed by atoms with Gasteiger partial charge >= 0.3 is 0 Å². The number of hydrogen-bond donors (Lipinski definition) is 3. The third-order valence-electron chi connectivity index (χ3n) is 4.19. The molecule has 0 fully saturated rings. The van der Waals surface area contributed by atoms with Crippen molar-refractivity contribution in [2.24, 2.45) is 0 Å².